The zero-order chi connectivity index (χ0) is 9.73. The second kappa shape index (κ2) is 5.12. The molecule has 1 aliphatic rings. The third-order valence-corrected chi connectivity index (χ3v) is 2.76. The van der Waals surface area contributed by atoms with Gasteiger partial charge in [-0.25, -0.2) is 0 Å². The normalized spacial score (nSPS) is 22.4. The summed E-state index contributed by atoms with van der Waals surface area (Å²) in [6, 6.07) is 0. The van der Waals surface area contributed by atoms with Crippen LogP contribution in [-0.2, 0) is 4.29 Å². The highest BCUT2D eigenvalue weighted by Gasteiger charge is 2.28. The van der Waals surface area contributed by atoms with Gasteiger partial charge in [-0.3, -0.25) is 0 Å². The fourth-order valence-corrected chi connectivity index (χ4v) is 2.15. The van der Waals surface area contributed by atoms with Crippen LogP contribution in [-0.4, -0.2) is 6.10 Å². The van der Waals surface area contributed by atoms with E-state index in [1.165, 1.54) is 6.42 Å². The molecule has 0 aliphatic heterocycles. The van der Waals surface area contributed by atoms with E-state index in [9.17, 15) is 14.0 Å². The fraction of sp³-hybridized carbons (Fsp3) is 1.00. The second-order valence-corrected chi connectivity index (χ2v) is 4.37. The molecule has 0 N–H and O–H groups in total. The Balaban J connectivity index is 2.29. The van der Waals surface area contributed by atoms with E-state index in [0.29, 0.717) is 12.8 Å². The minimum Gasteiger partial charge on any atom is -0.183 e. The Bertz CT molecular complexity index is 138. The van der Waals surface area contributed by atoms with Crippen LogP contribution in [0, 0.1) is 10.2 Å². The van der Waals surface area contributed by atoms with E-state index in [1.807, 2.05) is 0 Å². The van der Waals surface area contributed by atoms with Gasteiger partial charge in [-0.2, -0.15) is 14.0 Å². The quantitative estimate of drug-likeness (QED) is 0.587. The summed E-state index contributed by atoms with van der Waals surface area (Å²) in [5, 5.41) is 0. The average Bonchev–Trinajstić information content (AvgIpc) is 1.92. The van der Waals surface area contributed by atoms with Gasteiger partial charge in [0.25, 0.3) is 0 Å². The first-order chi connectivity index (χ1) is 6.08. The van der Waals surface area contributed by atoms with Crippen molar-refractivity contribution >= 4 is 0 Å². The second-order valence-electron chi connectivity index (χ2n) is 3.43. The van der Waals surface area contributed by atoms with Crippen molar-refractivity contribution in [2.75, 3.05) is 0 Å². The number of rotatable bonds is 2. The van der Waals surface area contributed by atoms with E-state index in [1.54, 1.807) is 0 Å². The summed E-state index contributed by atoms with van der Waals surface area (Å²) >= 11 is 0. The van der Waals surface area contributed by atoms with Gasteiger partial charge in [0.1, 0.15) is 0 Å². The average molecular weight is 211 g/mol. The first kappa shape index (κ1) is 11.2. The van der Waals surface area contributed by atoms with Gasteiger partial charge >= 0.3 is 0 Å². The van der Waals surface area contributed by atoms with Gasteiger partial charge in [-0.15, -0.1) is 0 Å². The van der Waals surface area contributed by atoms with E-state index in [2.05, 4.69) is 4.29 Å². The standard InChI is InChI=1S/C8H15ClO4/c10-9(11,12)13-8-6-4-2-1-3-5-7-8/h8H,1-7H2. The molecule has 0 aromatic rings. The van der Waals surface area contributed by atoms with E-state index in [0.717, 1.165) is 25.7 Å². The lowest BCUT2D eigenvalue weighted by molar-refractivity contribution is -1.92. The minimum absolute atomic E-state index is 0.385. The van der Waals surface area contributed by atoms with Crippen LogP contribution in [0.25, 0.3) is 0 Å². The molecule has 0 bridgehead atoms. The molecule has 0 heterocycles. The maximum atomic E-state index is 10.3. The Hall–Kier alpha value is 0.130. The first-order valence-electron chi connectivity index (χ1n) is 4.67. The van der Waals surface area contributed by atoms with Gasteiger partial charge in [0.15, 0.2) is 0 Å². The minimum atomic E-state index is -4.24. The predicted molar refractivity (Wildman–Crippen MR) is 37.2 cm³/mol. The largest absolute Gasteiger partial charge is 0.213 e. The molecule has 0 unspecified atom stereocenters. The molecule has 1 fully saturated rings. The Morgan fingerprint density at radius 2 is 1.31 bits per heavy atom. The van der Waals surface area contributed by atoms with Gasteiger partial charge < -0.3 is 0 Å². The molecule has 0 saturated heterocycles. The molecule has 5 heteroatoms. The summed E-state index contributed by atoms with van der Waals surface area (Å²) in [5.41, 5.74) is 0. The summed E-state index contributed by atoms with van der Waals surface area (Å²) in [4.78, 5) is 0. The fourth-order valence-electron chi connectivity index (χ4n) is 1.66. The molecule has 1 rings (SSSR count). The monoisotopic (exact) mass is 210 g/mol. The Labute approximate surface area is 80.2 Å². The summed E-state index contributed by atoms with van der Waals surface area (Å²) in [6.45, 7) is 0. The molecule has 0 atom stereocenters. The van der Waals surface area contributed by atoms with Crippen molar-refractivity contribution in [3.8, 4) is 0 Å². The van der Waals surface area contributed by atoms with Crippen LogP contribution >= 0.6 is 0 Å². The maximum absolute atomic E-state index is 10.3. The molecule has 1 saturated carbocycles. The molecule has 78 valence electrons. The molecule has 1 aliphatic carbocycles. The third-order valence-electron chi connectivity index (χ3n) is 2.29. The lowest BCUT2D eigenvalue weighted by Gasteiger charge is -2.19. The Morgan fingerprint density at radius 1 is 0.846 bits per heavy atom. The van der Waals surface area contributed by atoms with Crippen LogP contribution < -0.4 is 14.0 Å². The molecule has 0 radical (unpaired) electrons. The van der Waals surface area contributed by atoms with Crippen molar-refractivity contribution in [2.45, 2.75) is 51.0 Å². The Kier molecular flexibility index (Phi) is 4.41. The molecule has 13 heavy (non-hydrogen) atoms. The van der Waals surface area contributed by atoms with Crippen molar-refractivity contribution in [1.82, 2.24) is 0 Å². The predicted octanol–water partition coefficient (Wildman–Crippen LogP) is -0.987. The molecular formula is C8H15ClO4. The molecule has 4 nitrogen and oxygen atoms in total. The summed E-state index contributed by atoms with van der Waals surface area (Å²) in [7, 11) is -4.24. The maximum Gasteiger partial charge on any atom is 0.213 e. The van der Waals surface area contributed by atoms with Crippen LogP contribution in [0.2, 0.25) is 0 Å². The smallest absolute Gasteiger partial charge is 0.183 e. The number of hydrogen-bond donors (Lipinski definition) is 0. The van der Waals surface area contributed by atoms with E-state index in [4.69, 9.17) is 0 Å². The van der Waals surface area contributed by atoms with E-state index in [-0.39, 0.29) is 6.10 Å². The number of halogens is 1. The zero-order valence-corrected chi connectivity index (χ0v) is 8.29. The molecule has 0 spiro atoms. The highest BCUT2D eigenvalue weighted by molar-refractivity contribution is 4.61. The van der Waals surface area contributed by atoms with Crippen LogP contribution in [0.1, 0.15) is 44.9 Å². The van der Waals surface area contributed by atoms with E-state index >= 15 is 0 Å². The van der Waals surface area contributed by atoms with Gasteiger partial charge in [0, 0.05) is 0 Å². The highest BCUT2D eigenvalue weighted by Crippen LogP contribution is 2.20. The summed E-state index contributed by atoms with van der Waals surface area (Å²) in [6.07, 6.45) is 6.32. The summed E-state index contributed by atoms with van der Waals surface area (Å²) in [5.74, 6) is 0. The van der Waals surface area contributed by atoms with Crippen LogP contribution in [0.5, 0.6) is 0 Å². The van der Waals surface area contributed by atoms with Crippen molar-refractivity contribution < 1.29 is 28.5 Å². The third kappa shape index (κ3) is 5.44. The topological polar surface area (TPSA) is 78.4 Å². The van der Waals surface area contributed by atoms with Crippen LogP contribution in [0.15, 0.2) is 0 Å². The highest BCUT2D eigenvalue weighted by atomic mass is 35.7. The van der Waals surface area contributed by atoms with Gasteiger partial charge in [-0.05, 0) is 12.8 Å². The van der Waals surface area contributed by atoms with Gasteiger partial charge in [0.05, 0.1) is 14.5 Å². The molecular weight excluding hydrogens is 196 g/mol. The van der Waals surface area contributed by atoms with Crippen molar-refractivity contribution in [3.63, 3.8) is 0 Å². The van der Waals surface area contributed by atoms with Crippen molar-refractivity contribution in [3.05, 3.63) is 0 Å². The lowest BCUT2D eigenvalue weighted by Crippen LogP contribution is -2.62. The molecule has 0 amide bonds. The lowest BCUT2D eigenvalue weighted by atomic mass is 9.99. The molecule has 0 aromatic heterocycles. The van der Waals surface area contributed by atoms with Crippen molar-refractivity contribution in [1.29, 1.82) is 0 Å². The summed E-state index contributed by atoms with van der Waals surface area (Å²) < 4.78 is 35.3. The van der Waals surface area contributed by atoms with Gasteiger partial charge in [-0.1, -0.05) is 32.1 Å². The van der Waals surface area contributed by atoms with Crippen molar-refractivity contribution in [2.24, 2.45) is 0 Å². The Morgan fingerprint density at radius 3 is 1.77 bits per heavy atom. The zero-order valence-electron chi connectivity index (χ0n) is 7.54. The van der Waals surface area contributed by atoms with Crippen LogP contribution in [0.3, 0.4) is 0 Å². The van der Waals surface area contributed by atoms with Gasteiger partial charge in [0.2, 0.25) is 6.10 Å². The number of hydrogen-bond acceptors (Lipinski definition) is 4. The first-order valence-corrected chi connectivity index (χ1v) is 5.90. The SMILES string of the molecule is [O-][Cl+3]([O-])([O-])OC1CCCCCCC1. The van der Waals surface area contributed by atoms with E-state index < -0.39 is 10.2 Å². The molecule has 0 aromatic carbocycles. The van der Waals surface area contributed by atoms with Crippen LogP contribution in [0.4, 0.5) is 0 Å².